The molecule has 4 atom stereocenters. The largest absolute Gasteiger partial charge is 0.462 e. The van der Waals surface area contributed by atoms with E-state index in [9.17, 15) is 29.4 Å². The lowest BCUT2D eigenvalue weighted by Gasteiger charge is -2.34. The van der Waals surface area contributed by atoms with E-state index < -0.39 is 61.5 Å². The van der Waals surface area contributed by atoms with Gasteiger partial charge < -0.3 is 29.2 Å². The Balaban J connectivity index is 5.79. The molecule has 0 bridgehead atoms. The van der Waals surface area contributed by atoms with Crippen molar-refractivity contribution in [1.82, 2.24) is 0 Å². The fourth-order valence-corrected chi connectivity index (χ4v) is 12.5. The molecular weight excluding hydrogens is 1100 g/mol. The van der Waals surface area contributed by atoms with E-state index in [1.807, 2.05) is 0 Å². The molecule has 0 unspecified atom stereocenters. The van der Waals surface area contributed by atoms with Crippen LogP contribution in [0.1, 0.15) is 439 Å². The molecule has 0 aliphatic rings. The number of esters is 4. The van der Waals surface area contributed by atoms with Gasteiger partial charge in [0.25, 0.3) is 0 Å². The van der Waals surface area contributed by atoms with Crippen molar-refractivity contribution < 1.29 is 48.3 Å². The van der Waals surface area contributed by atoms with Crippen molar-refractivity contribution in [1.29, 1.82) is 0 Å². The molecule has 0 aromatic rings. The third-order valence-electron chi connectivity index (χ3n) is 18.4. The zero-order chi connectivity index (χ0) is 64.1. The standard InChI is InChI=1S/C78H150O10/c1-5-9-13-17-21-25-29-33-37-41-45-49-53-57-61-65-73(81)85-70-72(86-74(82)66-62-58-54-50-46-42-38-34-30-26-22-18-14-10-6-2)78(88-76(84)68-64-60-56-52-48-44-40-36-32-28-24-20-16-12-8-4)77(71(80)69-79)87-75(83)67-63-59-55-51-47-43-39-35-31-27-23-19-15-11-7-3/h71-72,77-80H,5-70H2,1-4H3/t71-,72+,77-,78-/m1/s1. The smallest absolute Gasteiger partial charge is 0.306 e. The van der Waals surface area contributed by atoms with Gasteiger partial charge in [-0.3, -0.25) is 19.2 Å². The first-order valence-corrected chi connectivity index (χ1v) is 39.3. The van der Waals surface area contributed by atoms with Gasteiger partial charge in [0.05, 0.1) is 6.61 Å². The Kier molecular flexibility index (Phi) is 68.9. The van der Waals surface area contributed by atoms with Gasteiger partial charge in [-0.15, -0.1) is 0 Å². The quantitative estimate of drug-likeness (QED) is 0.0343. The van der Waals surface area contributed by atoms with Crippen LogP contribution in [0.3, 0.4) is 0 Å². The van der Waals surface area contributed by atoms with Gasteiger partial charge in [0.2, 0.25) is 0 Å². The maximum absolute atomic E-state index is 13.9. The number of carbonyl (C=O) groups excluding carboxylic acids is 4. The van der Waals surface area contributed by atoms with Crippen LogP contribution in [0.15, 0.2) is 0 Å². The molecule has 0 aliphatic heterocycles. The molecule has 0 fully saturated rings. The normalized spacial score (nSPS) is 12.9. The van der Waals surface area contributed by atoms with Crippen LogP contribution in [0.4, 0.5) is 0 Å². The van der Waals surface area contributed by atoms with Crippen molar-refractivity contribution in [3.63, 3.8) is 0 Å². The summed E-state index contributed by atoms with van der Waals surface area (Å²) in [5.74, 6) is -2.17. The minimum absolute atomic E-state index is 0.0859. The monoisotopic (exact) mass is 1250 g/mol. The van der Waals surface area contributed by atoms with Crippen molar-refractivity contribution in [2.75, 3.05) is 13.2 Å². The van der Waals surface area contributed by atoms with Crippen molar-refractivity contribution in [2.24, 2.45) is 0 Å². The van der Waals surface area contributed by atoms with E-state index in [1.165, 1.54) is 283 Å². The molecule has 2 N–H and O–H groups in total. The zero-order valence-electron chi connectivity index (χ0n) is 59.1. The second-order valence-corrected chi connectivity index (χ2v) is 27.2. The first-order chi connectivity index (χ1) is 43.2. The van der Waals surface area contributed by atoms with E-state index in [0.29, 0.717) is 25.7 Å². The Morgan fingerprint density at radius 3 is 0.648 bits per heavy atom. The van der Waals surface area contributed by atoms with Crippen molar-refractivity contribution in [2.45, 2.75) is 463 Å². The Morgan fingerprint density at radius 1 is 0.250 bits per heavy atom. The van der Waals surface area contributed by atoms with Crippen LogP contribution in [0.25, 0.3) is 0 Å². The van der Waals surface area contributed by atoms with E-state index in [4.69, 9.17) is 18.9 Å². The van der Waals surface area contributed by atoms with Gasteiger partial charge in [-0.05, 0) is 25.7 Å². The third-order valence-corrected chi connectivity index (χ3v) is 18.4. The van der Waals surface area contributed by atoms with Gasteiger partial charge in [-0.2, -0.15) is 0 Å². The number of ether oxygens (including phenoxy) is 4. The second-order valence-electron chi connectivity index (χ2n) is 27.2. The van der Waals surface area contributed by atoms with Crippen molar-refractivity contribution >= 4 is 23.9 Å². The summed E-state index contributed by atoms with van der Waals surface area (Å²) in [6.07, 6.45) is 66.6. The highest BCUT2D eigenvalue weighted by molar-refractivity contribution is 5.72. The van der Waals surface area contributed by atoms with Gasteiger partial charge in [-0.1, -0.05) is 387 Å². The number of hydrogen-bond acceptors (Lipinski definition) is 10. The predicted molar refractivity (Wildman–Crippen MR) is 372 cm³/mol. The summed E-state index contributed by atoms with van der Waals surface area (Å²) in [5.41, 5.74) is 0. The van der Waals surface area contributed by atoms with Crippen LogP contribution in [0, 0.1) is 0 Å². The van der Waals surface area contributed by atoms with Gasteiger partial charge >= 0.3 is 23.9 Å². The molecule has 0 saturated carbocycles. The molecule has 0 spiro atoms. The maximum atomic E-state index is 13.9. The van der Waals surface area contributed by atoms with Gasteiger partial charge in [-0.25, -0.2) is 0 Å². The van der Waals surface area contributed by atoms with Crippen LogP contribution >= 0.6 is 0 Å². The molecule has 0 radical (unpaired) electrons. The molecule has 0 amide bonds. The average molecular weight is 1250 g/mol. The minimum Gasteiger partial charge on any atom is -0.462 e. The maximum Gasteiger partial charge on any atom is 0.306 e. The number of unbranched alkanes of at least 4 members (excludes halogenated alkanes) is 56. The van der Waals surface area contributed by atoms with Crippen LogP contribution < -0.4 is 0 Å². The Hall–Kier alpha value is -2.20. The lowest BCUT2D eigenvalue weighted by molar-refractivity contribution is -0.202. The highest BCUT2D eigenvalue weighted by Gasteiger charge is 2.43. The molecule has 10 heteroatoms. The fourth-order valence-electron chi connectivity index (χ4n) is 12.5. The van der Waals surface area contributed by atoms with Gasteiger partial charge in [0.1, 0.15) is 12.7 Å². The third kappa shape index (κ3) is 61.3. The van der Waals surface area contributed by atoms with Gasteiger partial charge in [0.15, 0.2) is 18.3 Å². The van der Waals surface area contributed by atoms with Crippen molar-refractivity contribution in [3.8, 4) is 0 Å². The minimum atomic E-state index is -1.65. The summed E-state index contributed by atoms with van der Waals surface area (Å²) in [4.78, 5) is 54.8. The van der Waals surface area contributed by atoms with E-state index in [2.05, 4.69) is 27.7 Å². The topological polar surface area (TPSA) is 146 Å². The first kappa shape index (κ1) is 85.8. The van der Waals surface area contributed by atoms with Crippen LogP contribution in [-0.4, -0.2) is 71.7 Å². The first-order valence-electron chi connectivity index (χ1n) is 39.3. The summed E-state index contributed by atoms with van der Waals surface area (Å²) >= 11 is 0. The molecule has 88 heavy (non-hydrogen) atoms. The lowest BCUT2D eigenvalue weighted by atomic mass is 10.0. The van der Waals surface area contributed by atoms with Gasteiger partial charge in [0, 0.05) is 25.7 Å². The van der Waals surface area contributed by atoms with E-state index in [0.717, 1.165) is 77.0 Å². The summed E-state index contributed by atoms with van der Waals surface area (Å²) in [6.45, 7) is 7.83. The Labute approximate surface area is 546 Å². The average Bonchev–Trinajstić information content (AvgIpc) is 3.65. The fraction of sp³-hybridized carbons (Fsp3) is 0.949. The molecule has 0 heterocycles. The number of hydrogen-bond donors (Lipinski definition) is 2. The molecule has 0 aromatic heterocycles. The number of carbonyl (C=O) groups is 4. The lowest BCUT2D eigenvalue weighted by Crippen LogP contribution is -2.53. The van der Waals surface area contributed by atoms with E-state index in [-0.39, 0.29) is 25.7 Å². The molecular formula is C78H150O10. The van der Waals surface area contributed by atoms with Crippen molar-refractivity contribution in [3.05, 3.63) is 0 Å². The Bertz CT molecular complexity index is 1460. The summed E-state index contributed by atoms with van der Waals surface area (Å²) in [5, 5.41) is 21.9. The zero-order valence-corrected chi connectivity index (χ0v) is 59.1. The number of aliphatic hydroxyl groups is 2. The molecule has 0 aliphatic carbocycles. The number of aliphatic hydroxyl groups excluding tert-OH is 2. The molecule has 10 nitrogen and oxygen atoms in total. The highest BCUT2D eigenvalue weighted by atomic mass is 16.6. The van der Waals surface area contributed by atoms with Crippen LogP contribution in [0.2, 0.25) is 0 Å². The van der Waals surface area contributed by atoms with E-state index in [1.54, 1.807) is 0 Å². The summed E-state index contributed by atoms with van der Waals surface area (Å²) in [7, 11) is 0. The molecule has 522 valence electrons. The van der Waals surface area contributed by atoms with E-state index >= 15 is 0 Å². The highest BCUT2D eigenvalue weighted by Crippen LogP contribution is 2.24. The van der Waals surface area contributed by atoms with Crippen LogP contribution in [-0.2, 0) is 38.1 Å². The molecule has 0 rings (SSSR count). The van der Waals surface area contributed by atoms with Crippen LogP contribution in [0.5, 0.6) is 0 Å². The SMILES string of the molecule is CCCCCCCCCCCCCCCCCC(=O)OC[C@H](OC(=O)CCCCCCCCCCCCCCCCC)[C@@H](OC(=O)CCCCCCCCCCCCCCCCC)[C@H](OC(=O)CCCCCCCCCCCCCCCCC)[C@H](O)CO. The predicted octanol–water partition coefficient (Wildman–Crippen LogP) is 23.7. The summed E-state index contributed by atoms with van der Waals surface area (Å²) < 4.78 is 24.1. The second kappa shape index (κ2) is 70.7. The number of rotatable bonds is 73. The summed E-state index contributed by atoms with van der Waals surface area (Å²) in [6, 6.07) is 0. The Morgan fingerprint density at radius 2 is 0.432 bits per heavy atom. The molecule has 0 saturated heterocycles. The molecule has 0 aromatic carbocycles.